The zero-order valence-electron chi connectivity index (χ0n) is 9.84. The number of halogens is 2. The van der Waals surface area contributed by atoms with Gasteiger partial charge in [-0.2, -0.15) is 4.39 Å². The van der Waals surface area contributed by atoms with E-state index in [0.29, 0.717) is 6.61 Å². The van der Waals surface area contributed by atoms with Crippen LogP contribution in [0.4, 0.5) is 8.78 Å². The van der Waals surface area contributed by atoms with Crippen molar-refractivity contribution in [1.29, 1.82) is 0 Å². The minimum absolute atomic E-state index is 0.135. The van der Waals surface area contributed by atoms with Crippen LogP contribution in [0.5, 0.6) is 5.75 Å². The van der Waals surface area contributed by atoms with Gasteiger partial charge in [-0.15, -0.1) is 0 Å². The number of carbonyl (C=O) groups excluding carboxylic acids is 1. The first kappa shape index (κ1) is 13.6. The Morgan fingerprint density at radius 1 is 1.18 bits per heavy atom. The average Bonchev–Trinajstić information content (AvgIpc) is 2.34. The van der Waals surface area contributed by atoms with Crippen molar-refractivity contribution in [3.8, 4) is 5.75 Å². The number of aldehydes is 1. The monoisotopic (exact) mass is 242 g/mol. The van der Waals surface area contributed by atoms with Gasteiger partial charge in [0.05, 0.1) is 12.2 Å². The summed E-state index contributed by atoms with van der Waals surface area (Å²) in [6, 6.07) is 2.49. The number of unbranched alkanes of at least 4 members (excludes halogenated alkanes) is 3. The average molecular weight is 242 g/mol. The maximum absolute atomic E-state index is 13.4. The van der Waals surface area contributed by atoms with Gasteiger partial charge in [0.2, 0.25) is 5.82 Å². The summed E-state index contributed by atoms with van der Waals surface area (Å²) >= 11 is 0. The Morgan fingerprint density at radius 2 is 1.94 bits per heavy atom. The van der Waals surface area contributed by atoms with Crippen LogP contribution in [0.25, 0.3) is 0 Å². The lowest BCUT2D eigenvalue weighted by Crippen LogP contribution is -2.02. The Morgan fingerprint density at radius 3 is 2.59 bits per heavy atom. The second-order valence-corrected chi connectivity index (χ2v) is 3.81. The molecule has 0 aliphatic rings. The van der Waals surface area contributed by atoms with Gasteiger partial charge in [0.15, 0.2) is 17.9 Å². The molecule has 0 saturated heterocycles. The van der Waals surface area contributed by atoms with Gasteiger partial charge in [-0.3, -0.25) is 4.79 Å². The van der Waals surface area contributed by atoms with Crippen LogP contribution in [-0.4, -0.2) is 12.9 Å². The summed E-state index contributed by atoms with van der Waals surface area (Å²) in [7, 11) is 0. The summed E-state index contributed by atoms with van der Waals surface area (Å²) < 4.78 is 31.7. The van der Waals surface area contributed by atoms with Gasteiger partial charge in [0.1, 0.15) is 0 Å². The van der Waals surface area contributed by atoms with Crippen LogP contribution in [0.1, 0.15) is 43.0 Å². The molecule has 2 nitrogen and oxygen atoms in total. The number of benzene rings is 1. The zero-order chi connectivity index (χ0) is 12.7. The van der Waals surface area contributed by atoms with Crippen LogP contribution in [-0.2, 0) is 0 Å². The van der Waals surface area contributed by atoms with Crippen molar-refractivity contribution in [2.75, 3.05) is 6.61 Å². The van der Waals surface area contributed by atoms with Gasteiger partial charge >= 0.3 is 0 Å². The summed E-state index contributed by atoms with van der Waals surface area (Å²) in [5, 5.41) is 0. The SMILES string of the molecule is CCCCCCOc1ccc(C=O)c(F)c1F. The van der Waals surface area contributed by atoms with E-state index in [1.807, 2.05) is 0 Å². The summed E-state index contributed by atoms with van der Waals surface area (Å²) in [6.07, 6.45) is 4.31. The molecule has 0 N–H and O–H groups in total. The van der Waals surface area contributed by atoms with E-state index in [0.717, 1.165) is 25.7 Å². The van der Waals surface area contributed by atoms with E-state index in [2.05, 4.69) is 6.92 Å². The number of rotatable bonds is 7. The fraction of sp³-hybridized carbons (Fsp3) is 0.462. The van der Waals surface area contributed by atoms with Crippen molar-refractivity contribution >= 4 is 6.29 Å². The molecule has 0 saturated carbocycles. The maximum Gasteiger partial charge on any atom is 0.201 e. The fourth-order valence-electron chi connectivity index (χ4n) is 1.46. The lowest BCUT2D eigenvalue weighted by molar-refractivity contribution is 0.111. The molecule has 0 fully saturated rings. The van der Waals surface area contributed by atoms with Gasteiger partial charge in [0.25, 0.3) is 0 Å². The van der Waals surface area contributed by atoms with Crippen LogP contribution in [0, 0.1) is 11.6 Å². The Labute approximate surface area is 99.6 Å². The topological polar surface area (TPSA) is 26.3 Å². The summed E-state index contributed by atoms with van der Waals surface area (Å²) in [5.41, 5.74) is -0.291. The molecule has 0 aliphatic carbocycles. The Hall–Kier alpha value is -1.45. The standard InChI is InChI=1S/C13H16F2O2/c1-2-3-4-5-8-17-11-7-6-10(9-16)12(14)13(11)15/h6-7,9H,2-5,8H2,1H3. The van der Waals surface area contributed by atoms with Gasteiger partial charge < -0.3 is 4.74 Å². The Bertz CT molecular complexity index is 378. The highest BCUT2D eigenvalue weighted by atomic mass is 19.2. The highest BCUT2D eigenvalue weighted by Crippen LogP contribution is 2.22. The van der Waals surface area contributed by atoms with Crippen molar-refractivity contribution in [2.45, 2.75) is 32.6 Å². The smallest absolute Gasteiger partial charge is 0.201 e. The highest BCUT2D eigenvalue weighted by molar-refractivity contribution is 5.75. The van der Waals surface area contributed by atoms with E-state index in [1.54, 1.807) is 0 Å². The molecule has 0 heterocycles. The van der Waals surface area contributed by atoms with Crippen molar-refractivity contribution in [3.63, 3.8) is 0 Å². The molecule has 94 valence electrons. The highest BCUT2D eigenvalue weighted by Gasteiger charge is 2.13. The number of hydrogen-bond acceptors (Lipinski definition) is 2. The van der Waals surface area contributed by atoms with E-state index >= 15 is 0 Å². The van der Waals surface area contributed by atoms with E-state index in [9.17, 15) is 13.6 Å². The Balaban J connectivity index is 2.54. The lowest BCUT2D eigenvalue weighted by Gasteiger charge is -2.08. The van der Waals surface area contributed by atoms with Crippen molar-refractivity contribution in [2.24, 2.45) is 0 Å². The van der Waals surface area contributed by atoms with Gasteiger partial charge in [0, 0.05) is 0 Å². The first-order valence-corrected chi connectivity index (χ1v) is 5.76. The molecule has 0 bridgehead atoms. The summed E-state index contributed by atoms with van der Waals surface area (Å²) in [5.74, 6) is -2.37. The lowest BCUT2D eigenvalue weighted by atomic mass is 10.2. The second kappa shape index (κ2) is 6.99. The molecular formula is C13H16F2O2. The zero-order valence-corrected chi connectivity index (χ0v) is 9.84. The normalized spacial score (nSPS) is 10.3. The molecule has 1 aromatic carbocycles. The molecule has 0 radical (unpaired) electrons. The first-order valence-electron chi connectivity index (χ1n) is 5.76. The van der Waals surface area contributed by atoms with Crippen molar-refractivity contribution in [1.82, 2.24) is 0 Å². The minimum atomic E-state index is -1.15. The van der Waals surface area contributed by atoms with Gasteiger partial charge in [-0.1, -0.05) is 26.2 Å². The van der Waals surface area contributed by atoms with Crippen LogP contribution >= 0.6 is 0 Å². The molecule has 4 heteroatoms. The molecule has 17 heavy (non-hydrogen) atoms. The van der Waals surface area contributed by atoms with E-state index in [4.69, 9.17) is 4.74 Å². The van der Waals surface area contributed by atoms with Crippen LogP contribution in [0.15, 0.2) is 12.1 Å². The second-order valence-electron chi connectivity index (χ2n) is 3.81. The van der Waals surface area contributed by atoms with E-state index < -0.39 is 11.6 Å². The molecule has 0 spiro atoms. The molecule has 0 amide bonds. The molecular weight excluding hydrogens is 226 g/mol. The predicted octanol–water partition coefficient (Wildman–Crippen LogP) is 3.74. The quantitative estimate of drug-likeness (QED) is 0.538. The molecule has 1 aromatic rings. The van der Waals surface area contributed by atoms with Crippen molar-refractivity contribution < 1.29 is 18.3 Å². The Kier molecular flexibility index (Phi) is 5.60. The molecule has 0 atom stereocenters. The predicted molar refractivity (Wildman–Crippen MR) is 61.4 cm³/mol. The van der Waals surface area contributed by atoms with E-state index in [1.165, 1.54) is 12.1 Å². The minimum Gasteiger partial charge on any atom is -0.490 e. The fourth-order valence-corrected chi connectivity index (χ4v) is 1.46. The van der Waals surface area contributed by atoms with Crippen molar-refractivity contribution in [3.05, 3.63) is 29.3 Å². The van der Waals surface area contributed by atoms with Crippen LogP contribution < -0.4 is 4.74 Å². The number of carbonyl (C=O) groups is 1. The summed E-state index contributed by atoms with van der Waals surface area (Å²) in [4.78, 5) is 10.4. The third-order valence-electron chi connectivity index (χ3n) is 2.46. The molecule has 0 unspecified atom stereocenters. The van der Waals surface area contributed by atoms with Gasteiger partial charge in [-0.25, -0.2) is 4.39 Å². The number of ether oxygens (including phenoxy) is 1. The molecule has 1 rings (SSSR count). The van der Waals surface area contributed by atoms with Crippen LogP contribution in [0.3, 0.4) is 0 Å². The summed E-state index contributed by atoms with van der Waals surface area (Å²) in [6.45, 7) is 2.45. The molecule has 0 aromatic heterocycles. The third-order valence-corrected chi connectivity index (χ3v) is 2.46. The van der Waals surface area contributed by atoms with Crippen LogP contribution in [0.2, 0.25) is 0 Å². The first-order chi connectivity index (χ1) is 8.20. The maximum atomic E-state index is 13.4. The molecule has 0 aliphatic heterocycles. The van der Waals surface area contributed by atoms with E-state index in [-0.39, 0.29) is 17.6 Å². The number of hydrogen-bond donors (Lipinski definition) is 0. The third kappa shape index (κ3) is 3.80. The van der Waals surface area contributed by atoms with Gasteiger partial charge in [-0.05, 0) is 18.6 Å². The largest absolute Gasteiger partial charge is 0.490 e.